The van der Waals surface area contributed by atoms with Gasteiger partial charge in [-0.1, -0.05) is 0 Å². The van der Waals surface area contributed by atoms with Crippen LogP contribution in [-0.4, -0.2) is 16.7 Å². The highest BCUT2D eigenvalue weighted by Gasteiger charge is 2.00. The summed E-state index contributed by atoms with van der Waals surface area (Å²) in [6, 6.07) is 1.80. The standard InChI is InChI=1S/C7H10N2O2/c1-5-4-6(10)9(2)7(8-5)11-3/h4H,1-3H3. The molecule has 0 aromatic carbocycles. The van der Waals surface area contributed by atoms with E-state index in [-0.39, 0.29) is 5.56 Å². The third-order valence-electron chi connectivity index (χ3n) is 1.40. The molecule has 0 saturated carbocycles. The lowest BCUT2D eigenvalue weighted by molar-refractivity contribution is 0.355. The molecule has 0 amide bonds. The van der Waals surface area contributed by atoms with E-state index in [1.165, 1.54) is 17.7 Å². The molecule has 0 spiro atoms. The van der Waals surface area contributed by atoms with Crippen molar-refractivity contribution >= 4 is 0 Å². The van der Waals surface area contributed by atoms with E-state index in [0.717, 1.165) is 0 Å². The molecule has 0 bridgehead atoms. The van der Waals surface area contributed by atoms with Gasteiger partial charge in [0.2, 0.25) is 0 Å². The fourth-order valence-electron chi connectivity index (χ4n) is 0.810. The number of rotatable bonds is 1. The molecule has 1 aromatic rings. The van der Waals surface area contributed by atoms with E-state index in [2.05, 4.69) is 4.98 Å². The summed E-state index contributed by atoms with van der Waals surface area (Å²) in [7, 11) is 3.11. The van der Waals surface area contributed by atoms with Crippen LogP contribution in [0.5, 0.6) is 6.01 Å². The molecule has 4 nitrogen and oxygen atoms in total. The van der Waals surface area contributed by atoms with Gasteiger partial charge in [0.25, 0.3) is 11.6 Å². The van der Waals surface area contributed by atoms with Crippen LogP contribution in [0, 0.1) is 6.92 Å². The summed E-state index contributed by atoms with van der Waals surface area (Å²) < 4.78 is 6.21. The van der Waals surface area contributed by atoms with Crippen LogP contribution in [0.15, 0.2) is 10.9 Å². The van der Waals surface area contributed by atoms with Gasteiger partial charge in [0, 0.05) is 18.8 Å². The molecule has 11 heavy (non-hydrogen) atoms. The first-order chi connectivity index (χ1) is 5.15. The second kappa shape index (κ2) is 2.74. The molecule has 0 N–H and O–H groups in total. The summed E-state index contributed by atoms with van der Waals surface area (Å²) in [5, 5.41) is 0. The zero-order chi connectivity index (χ0) is 8.43. The van der Waals surface area contributed by atoms with Crippen molar-refractivity contribution in [2.24, 2.45) is 7.05 Å². The Morgan fingerprint density at radius 3 is 2.82 bits per heavy atom. The van der Waals surface area contributed by atoms with Gasteiger partial charge >= 0.3 is 0 Å². The molecule has 0 atom stereocenters. The van der Waals surface area contributed by atoms with Gasteiger partial charge in [0.05, 0.1) is 7.11 Å². The predicted octanol–water partition coefficient (Wildman–Crippen LogP) is 0.0973. The van der Waals surface area contributed by atoms with Gasteiger partial charge in [-0.05, 0) is 6.92 Å². The average Bonchev–Trinajstić information content (AvgIpc) is 1.96. The molecule has 60 valence electrons. The van der Waals surface area contributed by atoms with Crippen molar-refractivity contribution in [2.75, 3.05) is 7.11 Å². The lowest BCUT2D eigenvalue weighted by atomic mass is 10.4. The minimum absolute atomic E-state index is 0.102. The van der Waals surface area contributed by atoms with Crippen molar-refractivity contribution in [3.8, 4) is 6.01 Å². The largest absolute Gasteiger partial charge is 0.468 e. The number of ether oxygens (including phenoxy) is 1. The monoisotopic (exact) mass is 154 g/mol. The second-order valence-electron chi connectivity index (χ2n) is 2.28. The summed E-state index contributed by atoms with van der Waals surface area (Å²) >= 11 is 0. The summed E-state index contributed by atoms with van der Waals surface area (Å²) in [5.74, 6) is 0. The summed E-state index contributed by atoms with van der Waals surface area (Å²) in [6.07, 6.45) is 0. The normalized spacial score (nSPS) is 9.73. The number of aromatic nitrogens is 2. The fraction of sp³-hybridized carbons (Fsp3) is 0.429. The molecule has 0 unspecified atom stereocenters. The van der Waals surface area contributed by atoms with Crippen molar-refractivity contribution < 1.29 is 4.74 Å². The van der Waals surface area contributed by atoms with Crippen LogP contribution in [0.4, 0.5) is 0 Å². The van der Waals surface area contributed by atoms with E-state index in [4.69, 9.17) is 4.74 Å². The molecule has 1 aromatic heterocycles. The predicted molar refractivity (Wildman–Crippen MR) is 40.8 cm³/mol. The van der Waals surface area contributed by atoms with E-state index in [0.29, 0.717) is 11.7 Å². The zero-order valence-corrected chi connectivity index (χ0v) is 6.79. The van der Waals surface area contributed by atoms with Gasteiger partial charge in [-0.25, -0.2) is 4.98 Å². The third kappa shape index (κ3) is 1.39. The molecule has 0 aliphatic rings. The summed E-state index contributed by atoms with van der Waals surface area (Å²) in [5.41, 5.74) is 0.569. The first-order valence-corrected chi connectivity index (χ1v) is 3.24. The lowest BCUT2D eigenvalue weighted by Gasteiger charge is -2.04. The Labute approximate surface area is 64.5 Å². The zero-order valence-electron chi connectivity index (χ0n) is 6.79. The average molecular weight is 154 g/mol. The van der Waals surface area contributed by atoms with Crippen molar-refractivity contribution in [3.63, 3.8) is 0 Å². The Morgan fingerprint density at radius 2 is 2.27 bits per heavy atom. The molecular formula is C7H10N2O2. The number of hydrogen-bond acceptors (Lipinski definition) is 3. The summed E-state index contributed by atoms with van der Waals surface area (Å²) in [4.78, 5) is 15.1. The summed E-state index contributed by atoms with van der Waals surface area (Å²) in [6.45, 7) is 1.75. The first kappa shape index (κ1) is 7.78. The highest BCUT2D eigenvalue weighted by atomic mass is 16.5. The highest BCUT2D eigenvalue weighted by molar-refractivity contribution is 5.05. The fourth-order valence-corrected chi connectivity index (χ4v) is 0.810. The van der Waals surface area contributed by atoms with Crippen molar-refractivity contribution in [1.29, 1.82) is 0 Å². The number of aryl methyl sites for hydroxylation is 1. The van der Waals surface area contributed by atoms with Crippen molar-refractivity contribution in [3.05, 3.63) is 22.1 Å². The van der Waals surface area contributed by atoms with Gasteiger partial charge < -0.3 is 4.74 Å². The topological polar surface area (TPSA) is 44.1 Å². The van der Waals surface area contributed by atoms with Crippen LogP contribution in [0.1, 0.15) is 5.69 Å². The maximum absolute atomic E-state index is 11.1. The van der Waals surface area contributed by atoms with Gasteiger partial charge in [-0.2, -0.15) is 0 Å². The molecule has 0 fully saturated rings. The van der Waals surface area contributed by atoms with Crippen LogP contribution >= 0.6 is 0 Å². The van der Waals surface area contributed by atoms with Crippen LogP contribution in [0.3, 0.4) is 0 Å². The van der Waals surface area contributed by atoms with Gasteiger partial charge in [-0.3, -0.25) is 9.36 Å². The number of methoxy groups -OCH3 is 1. The van der Waals surface area contributed by atoms with Crippen molar-refractivity contribution in [1.82, 2.24) is 9.55 Å². The van der Waals surface area contributed by atoms with E-state index in [1.54, 1.807) is 14.0 Å². The quantitative estimate of drug-likeness (QED) is 0.576. The molecule has 1 rings (SSSR count). The molecular weight excluding hydrogens is 144 g/mol. The van der Waals surface area contributed by atoms with Gasteiger partial charge in [0.1, 0.15) is 0 Å². The van der Waals surface area contributed by atoms with E-state index < -0.39 is 0 Å². The van der Waals surface area contributed by atoms with Crippen molar-refractivity contribution in [2.45, 2.75) is 6.92 Å². The van der Waals surface area contributed by atoms with Gasteiger partial charge in [0.15, 0.2) is 0 Å². The van der Waals surface area contributed by atoms with Crippen LogP contribution in [0.2, 0.25) is 0 Å². The Hall–Kier alpha value is -1.32. The Bertz CT molecular complexity index is 317. The van der Waals surface area contributed by atoms with E-state index in [1.807, 2.05) is 0 Å². The van der Waals surface area contributed by atoms with Crippen LogP contribution in [0.25, 0.3) is 0 Å². The van der Waals surface area contributed by atoms with Crippen LogP contribution in [-0.2, 0) is 7.05 Å². The van der Waals surface area contributed by atoms with Gasteiger partial charge in [-0.15, -0.1) is 0 Å². The van der Waals surface area contributed by atoms with E-state index >= 15 is 0 Å². The SMILES string of the molecule is COc1nc(C)cc(=O)n1C. The minimum atomic E-state index is -0.102. The smallest absolute Gasteiger partial charge is 0.298 e. The molecule has 1 heterocycles. The maximum Gasteiger partial charge on any atom is 0.298 e. The van der Waals surface area contributed by atoms with Crippen LogP contribution < -0.4 is 10.3 Å². The molecule has 0 saturated heterocycles. The third-order valence-corrected chi connectivity index (χ3v) is 1.40. The number of nitrogens with zero attached hydrogens (tertiary/aromatic N) is 2. The maximum atomic E-state index is 11.1. The lowest BCUT2D eigenvalue weighted by Crippen LogP contribution is -2.19. The second-order valence-corrected chi connectivity index (χ2v) is 2.28. The Kier molecular flexibility index (Phi) is 1.94. The molecule has 0 radical (unpaired) electrons. The molecule has 0 aliphatic heterocycles. The number of hydrogen-bond donors (Lipinski definition) is 0. The Morgan fingerprint density at radius 1 is 1.64 bits per heavy atom. The molecule has 4 heteroatoms. The Balaban J connectivity index is 3.36. The minimum Gasteiger partial charge on any atom is -0.468 e. The first-order valence-electron chi connectivity index (χ1n) is 3.24. The highest BCUT2D eigenvalue weighted by Crippen LogP contribution is 2.00. The molecule has 0 aliphatic carbocycles. The van der Waals surface area contributed by atoms with E-state index in [9.17, 15) is 4.79 Å².